The topological polar surface area (TPSA) is 88.7 Å². The minimum atomic E-state index is -0.632. The van der Waals surface area contributed by atoms with Crippen molar-refractivity contribution in [2.75, 3.05) is 27.8 Å². The van der Waals surface area contributed by atoms with Crippen LogP contribution >= 0.6 is 0 Å². The van der Waals surface area contributed by atoms with Gasteiger partial charge in [-0.2, -0.15) is 0 Å². The van der Waals surface area contributed by atoms with Crippen molar-refractivity contribution in [3.05, 3.63) is 47.8 Å². The number of aromatic nitrogens is 1. The molecule has 7 heteroatoms. The van der Waals surface area contributed by atoms with Crippen molar-refractivity contribution in [3.63, 3.8) is 0 Å². The highest BCUT2D eigenvalue weighted by atomic mass is 16.5. The predicted molar refractivity (Wildman–Crippen MR) is 99.0 cm³/mol. The molecule has 7 nitrogen and oxygen atoms in total. The first-order valence-corrected chi connectivity index (χ1v) is 8.63. The molecule has 0 aliphatic carbocycles. The van der Waals surface area contributed by atoms with E-state index >= 15 is 0 Å². The number of H-pyrrole nitrogens is 1. The number of esters is 2. The Hall–Kier alpha value is -3.09. The molecule has 2 atom stereocenters. The van der Waals surface area contributed by atoms with Crippen molar-refractivity contribution in [3.8, 4) is 0 Å². The van der Waals surface area contributed by atoms with E-state index in [9.17, 15) is 14.4 Å². The third-order valence-corrected chi connectivity index (χ3v) is 4.89. The summed E-state index contributed by atoms with van der Waals surface area (Å²) in [5, 5.41) is 0.928. The van der Waals surface area contributed by atoms with Crippen LogP contribution in [0.3, 0.4) is 0 Å². The summed E-state index contributed by atoms with van der Waals surface area (Å²) in [6, 6.07) is 9.36. The number of aromatic amines is 1. The van der Waals surface area contributed by atoms with Gasteiger partial charge in [0.1, 0.15) is 0 Å². The van der Waals surface area contributed by atoms with E-state index < -0.39 is 23.8 Å². The lowest BCUT2D eigenvalue weighted by Gasteiger charge is -2.34. The number of benzene rings is 1. The second-order valence-electron chi connectivity index (χ2n) is 6.65. The van der Waals surface area contributed by atoms with E-state index in [1.807, 2.05) is 24.3 Å². The molecule has 3 rings (SSSR count). The number of hydrogen-bond acceptors (Lipinski definition) is 6. The summed E-state index contributed by atoms with van der Waals surface area (Å²) < 4.78 is 9.76. The fourth-order valence-electron chi connectivity index (χ4n) is 3.54. The van der Waals surface area contributed by atoms with Crippen LogP contribution in [-0.2, 0) is 19.1 Å². The molecule has 0 amide bonds. The largest absolute Gasteiger partial charge is 0.469 e. The van der Waals surface area contributed by atoms with Gasteiger partial charge in [-0.1, -0.05) is 18.2 Å². The standard InChI is InChI=1S/C20H22N2O5/c1-22-10-14(19(24)26-2)13(15(11-22)20(25)27-3)9-18(23)17-8-12-6-4-5-7-16(12)21-17/h4-8,10,13,15,21H,9,11H2,1-3H3/t13-,15+/m1/s1. The second kappa shape index (κ2) is 7.65. The van der Waals surface area contributed by atoms with E-state index in [1.165, 1.54) is 14.2 Å². The summed E-state index contributed by atoms with van der Waals surface area (Å²) in [5.74, 6) is -2.42. The summed E-state index contributed by atoms with van der Waals surface area (Å²) in [6.07, 6.45) is 1.63. The Labute approximate surface area is 156 Å². The van der Waals surface area contributed by atoms with Gasteiger partial charge in [0.2, 0.25) is 0 Å². The molecule has 0 unspecified atom stereocenters. The first-order valence-electron chi connectivity index (χ1n) is 8.63. The van der Waals surface area contributed by atoms with Crippen LogP contribution in [-0.4, -0.2) is 55.4 Å². The number of ketones is 1. The number of nitrogens with zero attached hydrogens (tertiary/aromatic N) is 1. The number of ether oxygens (including phenoxy) is 2. The molecule has 0 saturated heterocycles. The summed E-state index contributed by atoms with van der Waals surface area (Å²) in [5.41, 5.74) is 1.60. The fraction of sp³-hybridized carbons (Fsp3) is 0.350. The molecule has 0 spiro atoms. The van der Waals surface area contributed by atoms with Crippen molar-refractivity contribution < 1.29 is 23.9 Å². The van der Waals surface area contributed by atoms with E-state index in [4.69, 9.17) is 9.47 Å². The van der Waals surface area contributed by atoms with Crippen molar-refractivity contribution in [1.82, 2.24) is 9.88 Å². The van der Waals surface area contributed by atoms with Crippen LogP contribution < -0.4 is 0 Å². The number of carbonyl (C=O) groups is 3. The highest BCUT2D eigenvalue weighted by Gasteiger charge is 2.40. The van der Waals surface area contributed by atoms with Gasteiger partial charge in [-0.05, 0) is 12.1 Å². The predicted octanol–water partition coefficient (Wildman–Crippen LogP) is 2.15. The van der Waals surface area contributed by atoms with Gasteiger partial charge in [-0.25, -0.2) is 4.79 Å². The number of fused-ring (bicyclic) bond motifs is 1. The van der Waals surface area contributed by atoms with Crippen LogP contribution in [0.15, 0.2) is 42.1 Å². The smallest absolute Gasteiger partial charge is 0.335 e. The van der Waals surface area contributed by atoms with Crippen molar-refractivity contribution in [2.24, 2.45) is 11.8 Å². The molecule has 1 aromatic carbocycles. The number of hydrogen-bond donors (Lipinski definition) is 1. The molecule has 2 heterocycles. The number of nitrogens with one attached hydrogen (secondary N) is 1. The van der Waals surface area contributed by atoms with E-state index in [0.29, 0.717) is 17.8 Å². The van der Waals surface area contributed by atoms with Crippen molar-refractivity contribution >= 4 is 28.6 Å². The third-order valence-electron chi connectivity index (χ3n) is 4.89. The monoisotopic (exact) mass is 370 g/mol. The molecule has 142 valence electrons. The average Bonchev–Trinajstić information content (AvgIpc) is 3.12. The summed E-state index contributed by atoms with van der Waals surface area (Å²) >= 11 is 0. The molecule has 1 aliphatic rings. The van der Waals surface area contributed by atoms with Crippen LogP contribution in [0.4, 0.5) is 0 Å². The second-order valence-corrected chi connectivity index (χ2v) is 6.65. The van der Waals surface area contributed by atoms with Crippen LogP contribution in [0.5, 0.6) is 0 Å². The van der Waals surface area contributed by atoms with Gasteiger partial charge < -0.3 is 19.4 Å². The lowest BCUT2D eigenvalue weighted by molar-refractivity contribution is -0.148. The quantitative estimate of drug-likeness (QED) is 0.641. The lowest BCUT2D eigenvalue weighted by Crippen LogP contribution is -2.41. The molecule has 1 aromatic heterocycles. The molecule has 1 N–H and O–H groups in total. The lowest BCUT2D eigenvalue weighted by atomic mass is 9.79. The zero-order chi connectivity index (χ0) is 19.6. The van der Waals surface area contributed by atoms with Gasteiger partial charge in [0, 0.05) is 43.0 Å². The molecule has 0 saturated carbocycles. The molecular formula is C20H22N2O5. The molecule has 1 aliphatic heterocycles. The Kier molecular flexibility index (Phi) is 5.30. The SMILES string of the molecule is COC(=O)C1=CN(C)C[C@H](C(=O)OC)[C@@H]1CC(=O)c1cc2ccccc2[nH]1. The highest BCUT2D eigenvalue weighted by molar-refractivity contribution is 6.01. The number of carbonyl (C=O) groups excluding carboxylic acids is 3. The van der Waals surface area contributed by atoms with Crippen LogP contribution in [0.25, 0.3) is 10.9 Å². The molecule has 2 aromatic rings. The Balaban J connectivity index is 1.93. The van der Waals surface area contributed by atoms with Gasteiger partial charge >= 0.3 is 11.9 Å². The van der Waals surface area contributed by atoms with E-state index in [0.717, 1.165) is 10.9 Å². The van der Waals surface area contributed by atoms with Gasteiger partial charge in [0.25, 0.3) is 0 Å². The van der Waals surface area contributed by atoms with Gasteiger partial charge in [0.05, 0.1) is 31.4 Å². The first kappa shape index (κ1) is 18.7. The third kappa shape index (κ3) is 3.72. The summed E-state index contributed by atoms with van der Waals surface area (Å²) in [6.45, 7) is 0.359. The van der Waals surface area contributed by atoms with Gasteiger partial charge in [-0.3, -0.25) is 9.59 Å². The molecule has 27 heavy (non-hydrogen) atoms. The first-order chi connectivity index (χ1) is 12.9. The molecule has 0 bridgehead atoms. The molecule has 0 radical (unpaired) electrons. The highest BCUT2D eigenvalue weighted by Crippen LogP contribution is 2.33. The maximum atomic E-state index is 12.9. The number of rotatable bonds is 5. The zero-order valence-electron chi connectivity index (χ0n) is 15.5. The Morgan fingerprint density at radius 3 is 2.59 bits per heavy atom. The van der Waals surface area contributed by atoms with Crippen molar-refractivity contribution in [2.45, 2.75) is 6.42 Å². The average molecular weight is 370 g/mol. The van der Waals surface area contributed by atoms with Crippen molar-refractivity contribution in [1.29, 1.82) is 0 Å². The van der Waals surface area contributed by atoms with Gasteiger partial charge in [0.15, 0.2) is 5.78 Å². The number of methoxy groups -OCH3 is 2. The van der Waals surface area contributed by atoms with Crippen LogP contribution in [0, 0.1) is 11.8 Å². The number of Topliss-reactive ketones (excluding diaryl/α,β-unsaturated/α-hetero) is 1. The van der Waals surface area contributed by atoms with Gasteiger partial charge in [-0.15, -0.1) is 0 Å². The minimum Gasteiger partial charge on any atom is -0.469 e. The number of para-hydroxylation sites is 1. The zero-order valence-corrected chi connectivity index (χ0v) is 15.5. The fourth-order valence-corrected chi connectivity index (χ4v) is 3.54. The maximum Gasteiger partial charge on any atom is 0.335 e. The Morgan fingerprint density at radius 2 is 1.93 bits per heavy atom. The van der Waals surface area contributed by atoms with E-state index in [1.54, 1.807) is 24.2 Å². The minimum absolute atomic E-state index is 0.00135. The van der Waals surface area contributed by atoms with Crippen LogP contribution in [0.2, 0.25) is 0 Å². The summed E-state index contributed by atoms with van der Waals surface area (Å²) in [7, 11) is 4.34. The van der Waals surface area contributed by atoms with E-state index in [-0.39, 0.29) is 12.2 Å². The Bertz CT molecular complexity index is 881. The summed E-state index contributed by atoms with van der Waals surface area (Å²) in [4.78, 5) is 42.3. The molecular weight excluding hydrogens is 348 g/mol. The van der Waals surface area contributed by atoms with E-state index in [2.05, 4.69) is 4.98 Å². The Morgan fingerprint density at radius 1 is 1.19 bits per heavy atom. The maximum absolute atomic E-state index is 12.9. The normalized spacial score (nSPS) is 19.5. The van der Waals surface area contributed by atoms with Crippen LogP contribution in [0.1, 0.15) is 16.9 Å². The molecule has 0 fully saturated rings.